The van der Waals surface area contributed by atoms with Gasteiger partial charge < -0.3 is 15.4 Å². The van der Waals surface area contributed by atoms with Gasteiger partial charge in [0.1, 0.15) is 10.8 Å². The molecule has 4 N–H and O–H groups in total. The predicted molar refractivity (Wildman–Crippen MR) is 390 cm³/mol. The fourth-order valence-corrected chi connectivity index (χ4v) is 14.1. The molecule has 18 heteroatoms. The first-order valence-electron chi connectivity index (χ1n) is 32.4. The van der Waals surface area contributed by atoms with Crippen LogP contribution in [0.5, 0.6) is 5.75 Å². The van der Waals surface area contributed by atoms with Crippen molar-refractivity contribution in [2.45, 2.75) is 62.7 Å². The maximum Gasteiger partial charge on any atom is 0.260 e. The first-order valence-corrected chi connectivity index (χ1v) is 34.1. The number of aromatic nitrogens is 4. The van der Waals surface area contributed by atoms with E-state index in [1.54, 1.807) is 41.8 Å². The number of hydrogen-bond acceptors (Lipinski definition) is 15. The molecule has 3 aromatic heterocycles. The lowest BCUT2D eigenvalue weighted by molar-refractivity contribution is -0.115. The molecule has 0 spiro atoms. The van der Waals surface area contributed by atoms with Crippen LogP contribution in [0.15, 0.2) is 309 Å². The summed E-state index contributed by atoms with van der Waals surface area (Å²) in [6, 6.07) is 28.1. The minimum atomic E-state index is -0.347. The third-order valence-electron chi connectivity index (χ3n) is 17.2. The standard InChI is InChI=1S/C16H15NO.C15H11NO2.C14H11NO.C14H10O2S.C12H9NOS.C11H7N3O2/c1-16(2)13(11-7-4-3-5-8-11)14(18)12-9-6-10-17-15(12)16;17-14-12-9-5-4-8-11(12)13(15(18)16-14)10-6-2-1-3-7-10;16-14-11-8-4-5-9-12(11)15-13(14)10-6-2-1-3-7-10;15-14-13(10-6-2-1-3-7-10)16-11-8-4-5-9-12(11)17-14;14-11-10(8-4-2-1-3-5-8)9-6-7-15-12(9)13-11;15-10-7(6-4-2-1-3-5-6)11(16)9-8(10)12-14-13-9/h4-10H,3H2,1-2H3;2-9H,1H2,(H,16,17,18);2-9,15H,1H2;2-9H,1H2;2-7H,1H2,(H,13,14);2-5H,1H2,(H,12,13,14). The molecular formula is C82H63N7O9S2. The monoisotopic (exact) mass is 1350 g/mol. The number of anilines is 2. The number of pyridine rings is 1. The summed E-state index contributed by atoms with van der Waals surface area (Å²) in [5.74, 6) is 0.0561. The highest BCUT2D eigenvalue weighted by Gasteiger charge is 2.44. The van der Waals surface area contributed by atoms with E-state index in [9.17, 15) is 38.4 Å². The fourth-order valence-electron chi connectivity index (χ4n) is 12.5. The number of benzene rings is 3. The van der Waals surface area contributed by atoms with Crippen LogP contribution in [-0.4, -0.2) is 66.4 Å². The summed E-state index contributed by atoms with van der Waals surface area (Å²) in [5, 5.41) is 21.0. The molecule has 3 amide bonds. The van der Waals surface area contributed by atoms with Gasteiger partial charge in [0.2, 0.25) is 17.3 Å². The molecule has 0 saturated heterocycles. The Kier molecular flexibility index (Phi) is 19.7. The average Bonchev–Trinajstić information content (AvgIpc) is 1.55. The molecule has 16 nitrogen and oxygen atoms in total. The van der Waals surface area contributed by atoms with E-state index in [2.05, 4.69) is 86.6 Å². The van der Waals surface area contributed by atoms with Crippen LogP contribution in [0.2, 0.25) is 0 Å². The molecule has 3 aromatic carbocycles. The van der Waals surface area contributed by atoms with Crippen molar-refractivity contribution >= 4 is 90.9 Å². The van der Waals surface area contributed by atoms with Crippen LogP contribution in [0.3, 0.4) is 0 Å². The van der Waals surface area contributed by atoms with Gasteiger partial charge in [-0.2, -0.15) is 15.4 Å². The Labute approximate surface area is 584 Å². The molecule has 100 heavy (non-hydrogen) atoms. The Morgan fingerprint density at radius 1 is 0.420 bits per heavy atom. The molecule has 6 aromatic rings. The molecule has 7 heterocycles. The van der Waals surface area contributed by atoms with Crippen molar-refractivity contribution in [3.8, 4) is 5.75 Å². The van der Waals surface area contributed by atoms with Crippen LogP contribution in [0, 0.1) is 0 Å². The largest absolute Gasteiger partial charge is 0.451 e. The summed E-state index contributed by atoms with van der Waals surface area (Å²) in [6.45, 7) is 4.14. The van der Waals surface area contributed by atoms with Crippen LogP contribution in [0.4, 0.5) is 10.7 Å². The number of thioether (sulfide) groups is 1. The van der Waals surface area contributed by atoms with E-state index in [1.807, 2.05) is 181 Å². The Morgan fingerprint density at radius 2 is 0.900 bits per heavy atom. The number of aromatic amines is 1. The minimum Gasteiger partial charge on any atom is -0.451 e. The van der Waals surface area contributed by atoms with Crippen molar-refractivity contribution in [2.75, 3.05) is 10.6 Å². The second-order valence-electron chi connectivity index (χ2n) is 24.1. The third-order valence-corrected chi connectivity index (χ3v) is 19.0. The zero-order valence-electron chi connectivity index (χ0n) is 54.2. The summed E-state index contributed by atoms with van der Waals surface area (Å²) >= 11 is 2.79. The number of H-pyrrole nitrogens is 1. The number of imide groups is 1. The number of fused-ring (bicyclic) bond motifs is 6. The highest BCUT2D eigenvalue weighted by Crippen LogP contribution is 2.45. The second kappa shape index (κ2) is 29.7. The number of nitrogens with zero attached hydrogens (tertiary/aromatic N) is 3. The fraction of sp³-hybridized carbons (Fsp3) is 0.110. The van der Waals surface area contributed by atoms with Crippen molar-refractivity contribution < 1.29 is 43.1 Å². The number of ether oxygens (including phenoxy) is 1. The zero-order valence-corrected chi connectivity index (χ0v) is 55.9. The molecular weight excluding hydrogens is 1290 g/mol. The minimum absolute atomic E-state index is 0.0167. The quantitative estimate of drug-likeness (QED) is 0.0629. The normalized spacial score (nSPS) is 18.5. The van der Waals surface area contributed by atoms with Gasteiger partial charge in [0.05, 0.1) is 33.0 Å². The zero-order chi connectivity index (χ0) is 69.3. The Morgan fingerprint density at radius 3 is 1.48 bits per heavy atom. The van der Waals surface area contributed by atoms with Crippen molar-refractivity contribution in [2.24, 2.45) is 0 Å². The van der Waals surface area contributed by atoms with Gasteiger partial charge in [-0.05, 0) is 140 Å². The summed E-state index contributed by atoms with van der Waals surface area (Å²) in [4.78, 5) is 101. The Balaban J connectivity index is 0.000000108. The molecule has 0 atom stereocenters. The maximum absolute atomic E-state index is 12.5. The molecule has 4 aliphatic heterocycles. The summed E-state index contributed by atoms with van der Waals surface area (Å²) in [7, 11) is 0. The van der Waals surface area contributed by atoms with Gasteiger partial charge in [-0.25, -0.2) is 0 Å². The molecule has 8 aliphatic carbocycles. The van der Waals surface area contributed by atoms with Crippen molar-refractivity contribution in [1.82, 2.24) is 25.7 Å². The third kappa shape index (κ3) is 13.8. The van der Waals surface area contributed by atoms with Crippen molar-refractivity contribution in [3.05, 3.63) is 349 Å². The van der Waals surface area contributed by atoms with Crippen LogP contribution in [0.1, 0.15) is 121 Å². The van der Waals surface area contributed by atoms with E-state index in [-0.39, 0.29) is 68.3 Å². The van der Waals surface area contributed by atoms with E-state index in [1.165, 1.54) is 11.8 Å². The van der Waals surface area contributed by atoms with Gasteiger partial charge in [0.15, 0.2) is 22.9 Å². The first-order chi connectivity index (χ1) is 48.7. The molecule has 12 aliphatic rings. The topological polar surface area (TPSA) is 236 Å². The van der Waals surface area contributed by atoms with E-state index in [0.717, 1.165) is 121 Å². The lowest BCUT2D eigenvalue weighted by Crippen LogP contribution is -2.36. The van der Waals surface area contributed by atoms with Gasteiger partial charge in [0.25, 0.3) is 22.8 Å². The van der Waals surface area contributed by atoms with Crippen LogP contribution in [0.25, 0.3) is 11.1 Å². The molecule has 0 unspecified atom stereocenters. The molecule has 0 saturated carbocycles. The number of Topliss-reactive ketones (excluding diaryl/α,β-unsaturated/α-hetero) is 4. The molecule has 0 radical (unpaired) electrons. The number of ketones is 4. The highest BCUT2D eigenvalue weighted by molar-refractivity contribution is 8.14. The Hall–Kier alpha value is -12.1. The molecule has 0 fully saturated rings. The number of nitrogens with one attached hydrogen (secondary N) is 4. The first kappa shape index (κ1) is 66.5. The molecule has 492 valence electrons. The van der Waals surface area contributed by atoms with Gasteiger partial charge in [-0.15, -0.1) is 11.3 Å². The number of allylic oxidation sites excluding steroid dienone is 33. The highest BCUT2D eigenvalue weighted by atomic mass is 32.2. The number of carbonyl (C=O) groups is 8. The van der Waals surface area contributed by atoms with E-state index in [0.29, 0.717) is 33.7 Å². The van der Waals surface area contributed by atoms with E-state index >= 15 is 0 Å². The van der Waals surface area contributed by atoms with Gasteiger partial charge in [-0.1, -0.05) is 188 Å². The predicted octanol–water partition coefficient (Wildman–Crippen LogP) is 16.1. The molecule has 0 bridgehead atoms. The molecule has 18 rings (SSSR count). The summed E-state index contributed by atoms with van der Waals surface area (Å²) in [6.07, 6.45) is 54.8. The number of amides is 3. The van der Waals surface area contributed by atoms with Crippen LogP contribution >= 0.6 is 23.1 Å². The smallest absolute Gasteiger partial charge is 0.260 e. The van der Waals surface area contributed by atoms with Gasteiger partial charge in [-0.3, -0.25) is 48.7 Å². The summed E-state index contributed by atoms with van der Waals surface area (Å²) in [5.41, 5.74) is 14.0. The SMILES string of the molecule is CC1(C)C(=C2C=CCC=C2)C(=O)c2cccnc21.O=C1C(=C2C=CCC=C2)C(=O)c2n[nH]nc21.O=C1C(=C2C=CCC=C2)Nc2ccccc21.O=C1NC(=O)c2ccccc2C1=C1C=CCC=C1.O=C1Nc2sccc2C1=C1C=CCC=C1.O=C1Sc2ccccc2OC1=C1C=CCC=C1. The van der Waals surface area contributed by atoms with Crippen molar-refractivity contribution in [1.29, 1.82) is 0 Å². The van der Waals surface area contributed by atoms with E-state index < -0.39 is 0 Å². The number of para-hydroxylation sites is 2. The maximum atomic E-state index is 12.5. The van der Waals surface area contributed by atoms with Crippen molar-refractivity contribution in [3.63, 3.8) is 0 Å². The lowest BCUT2D eigenvalue weighted by Gasteiger charge is -2.21. The van der Waals surface area contributed by atoms with E-state index in [4.69, 9.17) is 4.74 Å². The number of rotatable bonds is 0. The van der Waals surface area contributed by atoms with Crippen LogP contribution < -0.4 is 20.7 Å². The summed E-state index contributed by atoms with van der Waals surface area (Å²) < 4.78 is 5.69. The number of thiophene rings is 1. The van der Waals surface area contributed by atoms with Gasteiger partial charge >= 0.3 is 0 Å². The average molecular weight is 1350 g/mol. The number of hydrogen-bond donors (Lipinski definition) is 4. The Bertz CT molecular complexity index is 5000. The second-order valence-corrected chi connectivity index (χ2v) is 26.0. The van der Waals surface area contributed by atoms with Gasteiger partial charge in [0, 0.05) is 61.8 Å². The number of carbonyl (C=O) groups excluding carboxylic acids is 8. The lowest BCUT2D eigenvalue weighted by atomic mass is 9.82. The van der Waals surface area contributed by atoms with Crippen LogP contribution in [-0.2, 0) is 19.8 Å².